The van der Waals surface area contributed by atoms with Crippen LogP contribution in [0.3, 0.4) is 0 Å². The van der Waals surface area contributed by atoms with Crippen molar-refractivity contribution >= 4 is 11.9 Å². The van der Waals surface area contributed by atoms with Crippen molar-refractivity contribution in [1.29, 1.82) is 0 Å². The molecule has 0 rings (SSSR count). The van der Waals surface area contributed by atoms with Gasteiger partial charge in [-0.1, -0.05) is 288 Å². The van der Waals surface area contributed by atoms with Crippen LogP contribution in [0.15, 0.2) is 36.5 Å². The van der Waals surface area contributed by atoms with Crippen LogP contribution >= 0.6 is 0 Å². The molecule has 0 saturated carbocycles. The Morgan fingerprint density at radius 3 is 1.10 bits per heavy atom. The number of nitrogens with one attached hydrogen (secondary N) is 1. The first-order chi connectivity index (χ1) is 35.5. The van der Waals surface area contributed by atoms with E-state index in [4.69, 9.17) is 4.74 Å². The third kappa shape index (κ3) is 57.4. The number of unbranched alkanes of at least 4 members (excludes halogenated alkanes) is 43. The number of carbonyl (C=O) groups excluding carboxylic acids is 2. The molecule has 72 heavy (non-hydrogen) atoms. The summed E-state index contributed by atoms with van der Waals surface area (Å²) in [6.45, 7) is 4.93. The van der Waals surface area contributed by atoms with Gasteiger partial charge in [-0.25, -0.2) is 0 Å². The van der Waals surface area contributed by atoms with Crippen LogP contribution in [-0.2, 0) is 14.3 Å². The van der Waals surface area contributed by atoms with Gasteiger partial charge in [-0.05, 0) is 83.5 Å². The lowest BCUT2D eigenvalue weighted by Crippen LogP contribution is -2.45. The molecule has 1 amide bonds. The van der Waals surface area contributed by atoms with Crippen molar-refractivity contribution in [2.75, 3.05) is 13.2 Å². The predicted octanol–water partition coefficient (Wildman–Crippen LogP) is 20.4. The lowest BCUT2D eigenvalue weighted by atomic mass is 10.0. The Morgan fingerprint density at radius 1 is 0.389 bits per heavy atom. The first kappa shape index (κ1) is 70.1. The second kappa shape index (κ2) is 61.6. The monoisotopic (exact) mass is 1010 g/mol. The molecule has 0 aromatic rings. The van der Waals surface area contributed by atoms with Crippen molar-refractivity contribution in [2.45, 2.75) is 360 Å². The van der Waals surface area contributed by atoms with Crippen LogP contribution in [0.1, 0.15) is 348 Å². The predicted molar refractivity (Wildman–Crippen MR) is 315 cm³/mol. The van der Waals surface area contributed by atoms with E-state index in [1.165, 1.54) is 263 Å². The van der Waals surface area contributed by atoms with E-state index in [0.717, 1.165) is 51.4 Å². The number of aliphatic hydroxyl groups is 2. The summed E-state index contributed by atoms with van der Waals surface area (Å²) in [6.07, 6.45) is 77.5. The molecule has 0 aliphatic heterocycles. The average Bonchev–Trinajstić information content (AvgIpc) is 3.38. The summed E-state index contributed by atoms with van der Waals surface area (Å²) in [5.41, 5.74) is 0. The van der Waals surface area contributed by atoms with E-state index in [1.807, 2.05) is 0 Å². The van der Waals surface area contributed by atoms with E-state index in [2.05, 4.69) is 55.6 Å². The molecule has 2 unspecified atom stereocenters. The molecule has 0 bridgehead atoms. The highest BCUT2D eigenvalue weighted by Gasteiger charge is 2.20. The van der Waals surface area contributed by atoms with Crippen LogP contribution in [0.2, 0.25) is 0 Å². The van der Waals surface area contributed by atoms with Crippen molar-refractivity contribution in [2.24, 2.45) is 0 Å². The van der Waals surface area contributed by atoms with Gasteiger partial charge in [-0.2, -0.15) is 0 Å². The van der Waals surface area contributed by atoms with Crippen LogP contribution in [0, 0.1) is 0 Å². The van der Waals surface area contributed by atoms with Gasteiger partial charge in [0.1, 0.15) is 0 Å². The molecule has 0 fully saturated rings. The lowest BCUT2D eigenvalue weighted by molar-refractivity contribution is -0.143. The van der Waals surface area contributed by atoms with Crippen LogP contribution in [0.4, 0.5) is 0 Å². The van der Waals surface area contributed by atoms with Crippen LogP contribution in [-0.4, -0.2) is 47.4 Å². The summed E-state index contributed by atoms with van der Waals surface area (Å²) in [6, 6.07) is -0.539. The van der Waals surface area contributed by atoms with E-state index >= 15 is 0 Å². The maximum absolute atomic E-state index is 12.4. The topological polar surface area (TPSA) is 95.9 Å². The lowest BCUT2D eigenvalue weighted by Gasteiger charge is -2.22. The fraction of sp³-hybridized carbons (Fsp3) is 0.879. The molecule has 0 aromatic heterocycles. The van der Waals surface area contributed by atoms with Gasteiger partial charge in [0, 0.05) is 12.8 Å². The molecule has 3 N–H and O–H groups in total. The summed E-state index contributed by atoms with van der Waals surface area (Å²) in [4.78, 5) is 24.5. The zero-order chi connectivity index (χ0) is 52.2. The molecule has 0 aliphatic rings. The minimum absolute atomic E-state index is 0.00244. The van der Waals surface area contributed by atoms with E-state index < -0.39 is 12.1 Å². The van der Waals surface area contributed by atoms with Crippen molar-refractivity contribution in [3.05, 3.63) is 36.5 Å². The molecule has 0 saturated heterocycles. The summed E-state index contributed by atoms with van der Waals surface area (Å²) >= 11 is 0. The van der Waals surface area contributed by atoms with Crippen molar-refractivity contribution < 1.29 is 24.5 Å². The number of ether oxygens (including phenoxy) is 1. The number of amides is 1. The molecule has 424 valence electrons. The Hall–Kier alpha value is -1.92. The zero-order valence-corrected chi connectivity index (χ0v) is 48.4. The van der Waals surface area contributed by atoms with E-state index in [9.17, 15) is 19.8 Å². The number of carbonyl (C=O) groups is 2. The molecule has 6 heteroatoms. The maximum Gasteiger partial charge on any atom is 0.305 e. The quantitative estimate of drug-likeness (QED) is 0.0320. The molecule has 2 atom stereocenters. The molecule has 0 radical (unpaired) electrons. The normalized spacial score (nSPS) is 12.8. The number of hydrogen-bond acceptors (Lipinski definition) is 5. The van der Waals surface area contributed by atoms with Crippen molar-refractivity contribution in [3.63, 3.8) is 0 Å². The van der Waals surface area contributed by atoms with Gasteiger partial charge >= 0.3 is 5.97 Å². The SMILES string of the molecule is CCCCC/C=C\C/C=C\CCCCCCCC(=O)OCCCCCCCCCCCCCC/C=C\CCCCCCCCCCCCCCCC(=O)NC(CO)C(O)CCCCCCCCCCCCC. The summed E-state index contributed by atoms with van der Waals surface area (Å²) in [7, 11) is 0. The Labute approximate surface area is 449 Å². The Morgan fingerprint density at radius 2 is 0.694 bits per heavy atom. The van der Waals surface area contributed by atoms with Crippen LogP contribution in [0.5, 0.6) is 0 Å². The first-order valence-corrected chi connectivity index (χ1v) is 32.2. The average molecular weight is 1010 g/mol. The van der Waals surface area contributed by atoms with Crippen LogP contribution < -0.4 is 5.32 Å². The van der Waals surface area contributed by atoms with E-state index in [-0.39, 0.29) is 18.5 Å². The second-order valence-corrected chi connectivity index (χ2v) is 22.1. The van der Waals surface area contributed by atoms with Gasteiger partial charge in [-0.15, -0.1) is 0 Å². The van der Waals surface area contributed by atoms with Gasteiger partial charge in [0.15, 0.2) is 0 Å². The molecule has 0 heterocycles. The molecular formula is C66H125NO5. The Bertz CT molecular complexity index is 1170. The zero-order valence-electron chi connectivity index (χ0n) is 48.4. The summed E-state index contributed by atoms with van der Waals surface area (Å²) in [5.74, 6) is -0.0319. The number of allylic oxidation sites excluding steroid dienone is 6. The van der Waals surface area contributed by atoms with Crippen molar-refractivity contribution in [1.82, 2.24) is 5.32 Å². The van der Waals surface area contributed by atoms with Gasteiger partial charge in [-0.3, -0.25) is 9.59 Å². The number of aliphatic hydroxyl groups excluding tert-OH is 2. The highest BCUT2D eigenvalue weighted by molar-refractivity contribution is 5.76. The molecule has 0 aliphatic carbocycles. The third-order valence-corrected chi connectivity index (χ3v) is 14.9. The summed E-state index contributed by atoms with van der Waals surface area (Å²) in [5, 5.41) is 23.2. The Balaban J connectivity index is 3.36. The molecule has 0 aromatic carbocycles. The second-order valence-electron chi connectivity index (χ2n) is 22.1. The van der Waals surface area contributed by atoms with Crippen molar-refractivity contribution in [3.8, 4) is 0 Å². The largest absolute Gasteiger partial charge is 0.466 e. The molecular weight excluding hydrogens is 887 g/mol. The summed E-state index contributed by atoms with van der Waals surface area (Å²) < 4.78 is 5.48. The highest BCUT2D eigenvalue weighted by atomic mass is 16.5. The standard InChI is InChI=1S/C66H125NO5/c1-3-5-7-9-11-13-15-16-32-36-40-44-48-52-56-60-66(71)72-61-57-53-49-45-41-37-34-31-29-27-25-23-21-19-17-18-20-22-24-26-28-30-33-35-39-43-47-51-55-59-65(70)67-63(62-68)64(69)58-54-50-46-42-38-14-12-10-8-6-4-2/h11,13,16-17,19,32,63-64,68-69H,3-10,12,14-15,18,20-31,33-62H2,1-2H3,(H,67,70)/b13-11-,19-17-,32-16-. The minimum atomic E-state index is -0.662. The smallest absolute Gasteiger partial charge is 0.305 e. The number of hydrogen-bond donors (Lipinski definition) is 3. The van der Waals surface area contributed by atoms with Crippen LogP contribution in [0.25, 0.3) is 0 Å². The molecule has 0 spiro atoms. The van der Waals surface area contributed by atoms with Gasteiger partial charge in [0.2, 0.25) is 5.91 Å². The van der Waals surface area contributed by atoms with E-state index in [1.54, 1.807) is 0 Å². The van der Waals surface area contributed by atoms with E-state index in [0.29, 0.717) is 25.9 Å². The first-order valence-electron chi connectivity index (χ1n) is 32.2. The van der Waals surface area contributed by atoms with Gasteiger partial charge in [0.25, 0.3) is 0 Å². The Kier molecular flexibility index (Phi) is 60.0. The fourth-order valence-corrected chi connectivity index (χ4v) is 9.96. The number of rotatable bonds is 60. The molecule has 6 nitrogen and oxygen atoms in total. The number of esters is 1. The third-order valence-electron chi connectivity index (χ3n) is 14.9. The van der Waals surface area contributed by atoms with Gasteiger partial charge in [0.05, 0.1) is 25.4 Å². The fourth-order valence-electron chi connectivity index (χ4n) is 9.96. The minimum Gasteiger partial charge on any atom is -0.466 e. The highest BCUT2D eigenvalue weighted by Crippen LogP contribution is 2.18. The van der Waals surface area contributed by atoms with Gasteiger partial charge < -0.3 is 20.3 Å². The maximum atomic E-state index is 12.4.